The van der Waals surface area contributed by atoms with Gasteiger partial charge >= 0.3 is 0 Å². The van der Waals surface area contributed by atoms with Gasteiger partial charge in [-0.15, -0.1) is 6.58 Å². The lowest BCUT2D eigenvalue weighted by atomic mass is 10.6. The van der Waals surface area contributed by atoms with Gasteiger partial charge in [0, 0.05) is 0 Å². The number of rotatable bonds is 4. The molecule has 0 aliphatic carbocycles. The Balaban J connectivity index is 3.09. The van der Waals surface area contributed by atoms with Gasteiger partial charge in [-0.2, -0.15) is 5.11 Å². The van der Waals surface area contributed by atoms with Crippen molar-refractivity contribution in [1.29, 1.82) is 0 Å². The second-order valence-corrected chi connectivity index (χ2v) is 1.23. The standard InChI is InChI=1S/C6H9O2/c1-3-5-8-6(7)4-2/h3-4,6H,1-2,5H2/t6-/m0/s1. The summed E-state index contributed by atoms with van der Waals surface area (Å²) in [5, 5.41) is 10.3. The van der Waals surface area contributed by atoms with Crippen molar-refractivity contribution in [3.8, 4) is 0 Å². The van der Waals surface area contributed by atoms with E-state index in [4.69, 9.17) is 0 Å². The normalized spacial score (nSPS) is 12.6. The van der Waals surface area contributed by atoms with Crippen LogP contribution < -0.4 is 0 Å². The van der Waals surface area contributed by atoms with Crippen LogP contribution in [0.5, 0.6) is 0 Å². The zero-order valence-corrected chi connectivity index (χ0v) is 4.67. The fourth-order valence-electron chi connectivity index (χ4n) is 0.231. The molecule has 0 saturated carbocycles. The molecular weight excluding hydrogens is 104 g/mol. The summed E-state index contributed by atoms with van der Waals surface area (Å²) in [7, 11) is 0. The average Bonchev–Trinajstić information content (AvgIpc) is 1.83. The predicted molar refractivity (Wildman–Crippen MR) is 30.8 cm³/mol. The van der Waals surface area contributed by atoms with E-state index >= 15 is 0 Å². The molecule has 0 fully saturated rings. The van der Waals surface area contributed by atoms with Crippen molar-refractivity contribution in [1.82, 2.24) is 0 Å². The van der Waals surface area contributed by atoms with Gasteiger partial charge in [-0.1, -0.05) is 12.7 Å². The highest BCUT2D eigenvalue weighted by molar-refractivity contribution is 4.72. The maximum absolute atomic E-state index is 10.3. The van der Waals surface area contributed by atoms with E-state index in [-0.39, 0.29) is 0 Å². The van der Waals surface area contributed by atoms with Crippen molar-refractivity contribution < 1.29 is 9.84 Å². The SMILES string of the molecule is C=CCO[C@H]([O])C=C. The van der Waals surface area contributed by atoms with Crippen LogP contribution in [-0.4, -0.2) is 12.9 Å². The van der Waals surface area contributed by atoms with E-state index < -0.39 is 6.29 Å². The molecule has 45 valence electrons. The minimum Gasteiger partial charge on any atom is -0.342 e. The molecule has 8 heavy (non-hydrogen) atoms. The largest absolute Gasteiger partial charge is 0.342 e. The Hall–Kier alpha value is -0.600. The van der Waals surface area contributed by atoms with Crippen LogP contribution in [0.4, 0.5) is 0 Å². The average molecular weight is 113 g/mol. The molecule has 0 spiro atoms. The predicted octanol–water partition coefficient (Wildman–Crippen LogP) is 1.13. The third-order valence-electron chi connectivity index (χ3n) is 0.571. The Bertz CT molecular complexity index is 78.6. The molecule has 0 aromatic heterocycles. The maximum Gasteiger partial charge on any atom is 0.210 e. The first-order valence-electron chi connectivity index (χ1n) is 2.32. The van der Waals surface area contributed by atoms with Gasteiger partial charge in [-0.05, 0) is 6.08 Å². The van der Waals surface area contributed by atoms with Gasteiger partial charge in [0.1, 0.15) is 0 Å². The van der Waals surface area contributed by atoms with Crippen LogP contribution in [0.1, 0.15) is 0 Å². The summed E-state index contributed by atoms with van der Waals surface area (Å²) in [6.45, 7) is 6.90. The summed E-state index contributed by atoms with van der Waals surface area (Å²) in [5.74, 6) is 0. The molecule has 0 aromatic carbocycles. The molecule has 0 unspecified atom stereocenters. The van der Waals surface area contributed by atoms with Crippen LogP contribution in [-0.2, 0) is 9.84 Å². The molecule has 0 amide bonds. The zero-order valence-electron chi connectivity index (χ0n) is 4.67. The number of hydrogen-bond donors (Lipinski definition) is 0. The Morgan fingerprint density at radius 1 is 1.62 bits per heavy atom. The lowest BCUT2D eigenvalue weighted by Gasteiger charge is -1.99. The maximum atomic E-state index is 10.3. The molecule has 1 atom stereocenters. The minimum absolute atomic E-state index is 0.292. The first kappa shape index (κ1) is 7.40. The van der Waals surface area contributed by atoms with Crippen molar-refractivity contribution in [3.05, 3.63) is 25.3 Å². The van der Waals surface area contributed by atoms with Crippen molar-refractivity contribution in [2.75, 3.05) is 6.61 Å². The molecule has 1 radical (unpaired) electrons. The van der Waals surface area contributed by atoms with Gasteiger partial charge in [-0.25, -0.2) is 0 Å². The summed E-state index contributed by atoms with van der Waals surface area (Å²) < 4.78 is 4.55. The fraction of sp³-hybridized carbons (Fsp3) is 0.333. The molecule has 0 rings (SSSR count). The Morgan fingerprint density at radius 2 is 2.25 bits per heavy atom. The number of ether oxygens (including phenoxy) is 1. The first-order valence-corrected chi connectivity index (χ1v) is 2.32. The summed E-state index contributed by atoms with van der Waals surface area (Å²) >= 11 is 0. The highest BCUT2D eigenvalue weighted by Crippen LogP contribution is 1.86. The lowest BCUT2D eigenvalue weighted by Crippen LogP contribution is -2.04. The second kappa shape index (κ2) is 4.56. The van der Waals surface area contributed by atoms with E-state index in [2.05, 4.69) is 17.9 Å². The molecule has 0 bridgehead atoms. The lowest BCUT2D eigenvalue weighted by molar-refractivity contribution is -0.0959. The van der Waals surface area contributed by atoms with Crippen molar-refractivity contribution >= 4 is 0 Å². The quantitative estimate of drug-likeness (QED) is 0.397. The highest BCUT2D eigenvalue weighted by Gasteiger charge is 1.93. The third-order valence-corrected chi connectivity index (χ3v) is 0.571. The van der Waals surface area contributed by atoms with E-state index in [0.29, 0.717) is 6.61 Å². The minimum atomic E-state index is -1.10. The molecule has 2 heteroatoms. The third kappa shape index (κ3) is 3.59. The van der Waals surface area contributed by atoms with Gasteiger partial charge in [0.15, 0.2) is 0 Å². The summed E-state index contributed by atoms with van der Waals surface area (Å²) in [6, 6.07) is 0. The van der Waals surface area contributed by atoms with Gasteiger partial charge in [0.2, 0.25) is 6.29 Å². The van der Waals surface area contributed by atoms with E-state index in [0.717, 1.165) is 0 Å². The highest BCUT2D eigenvalue weighted by atomic mass is 16.6. The molecule has 2 nitrogen and oxygen atoms in total. The van der Waals surface area contributed by atoms with Crippen molar-refractivity contribution in [2.45, 2.75) is 6.29 Å². The summed E-state index contributed by atoms with van der Waals surface area (Å²) in [4.78, 5) is 0. The van der Waals surface area contributed by atoms with E-state index in [1.54, 1.807) is 0 Å². The zero-order chi connectivity index (χ0) is 6.41. The van der Waals surface area contributed by atoms with Crippen LogP contribution in [0.15, 0.2) is 25.3 Å². The van der Waals surface area contributed by atoms with E-state index in [1.807, 2.05) is 0 Å². The van der Waals surface area contributed by atoms with Gasteiger partial charge < -0.3 is 4.74 Å². The molecular formula is C6H9O2. The van der Waals surface area contributed by atoms with Gasteiger partial charge in [0.05, 0.1) is 6.61 Å². The van der Waals surface area contributed by atoms with Crippen LogP contribution in [0.25, 0.3) is 0 Å². The smallest absolute Gasteiger partial charge is 0.210 e. The molecule has 0 aliphatic rings. The van der Waals surface area contributed by atoms with Gasteiger partial charge in [0.25, 0.3) is 0 Å². The summed E-state index contributed by atoms with van der Waals surface area (Å²) in [6.07, 6.45) is 1.62. The van der Waals surface area contributed by atoms with E-state index in [9.17, 15) is 5.11 Å². The van der Waals surface area contributed by atoms with Gasteiger partial charge in [-0.3, -0.25) is 0 Å². The number of hydrogen-bond acceptors (Lipinski definition) is 1. The molecule has 0 aliphatic heterocycles. The van der Waals surface area contributed by atoms with E-state index in [1.165, 1.54) is 12.2 Å². The molecule has 0 N–H and O–H groups in total. The van der Waals surface area contributed by atoms with Crippen molar-refractivity contribution in [3.63, 3.8) is 0 Å². The molecule has 0 saturated heterocycles. The Kier molecular flexibility index (Phi) is 4.21. The van der Waals surface area contributed by atoms with Crippen molar-refractivity contribution in [2.24, 2.45) is 0 Å². The monoisotopic (exact) mass is 113 g/mol. The van der Waals surface area contributed by atoms with Crippen LogP contribution in [0, 0.1) is 0 Å². The second-order valence-electron chi connectivity index (χ2n) is 1.23. The van der Waals surface area contributed by atoms with Crippen LogP contribution >= 0.6 is 0 Å². The van der Waals surface area contributed by atoms with Crippen LogP contribution in [0.2, 0.25) is 0 Å². The fourth-order valence-corrected chi connectivity index (χ4v) is 0.231. The molecule has 0 aromatic rings. The van der Waals surface area contributed by atoms with Crippen LogP contribution in [0.3, 0.4) is 0 Å². The topological polar surface area (TPSA) is 29.1 Å². The Morgan fingerprint density at radius 3 is 2.62 bits per heavy atom. The first-order chi connectivity index (χ1) is 3.81. The summed E-state index contributed by atoms with van der Waals surface area (Å²) in [5.41, 5.74) is 0. The Labute approximate surface area is 49.1 Å². The molecule has 0 heterocycles.